The van der Waals surface area contributed by atoms with Gasteiger partial charge in [0, 0.05) is 38.9 Å². The van der Waals surface area contributed by atoms with Crippen LogP contribution < -0.4 is 4.90 Å². The summed E-state index contributed by atoms with van der Waals surface area (Å²) < 4.78 is 2.50. The van der Waals surface area contributed by atoms with E-state index in [2.05, 4.69) is 289 Å². The highest BCUT2D eigenvalue weighted by molar-refractivity contribution is 6.19. The molecule has 0 aliphatic heterocycles. The van der Waals surface area contributed by atoms with Gasteiger partial charge >= 0.3 is 0 Å². The second-order valence-electron chi connectivity index (χ2n) is 19.9. The van der Waals surface area contributed by atoms with Crippen LogP contribution in [0.15, 0.2) is 279 Å². The number of fused-ring (bicyclic) bond motifs is 9. The molecule has 0 fully saturated rings. The molecule has 2 heteroatoms. The topological polar surface area (TPSA) is 8.17 Å². The van der Waals surface area contributed by atoms with Crippen LogP contribution in [0.4, 0.5) is 17.1 Å². The second kappa shape index (κ2) is 18.1. The van der Waals surface area contributed by atoms with E-state index >= 15 is 0 Å². The molecule has 0 saturated heterocycles. The number of rotatable bonds is 11. The maximum absolute atomic E-state index is 2.52. The number of nitrogens with zero attached hydrogens (tertiary/aromatic N) is 2. The summed E-state index contributed by atoms with van der Waals surface area (Å²) in [5, 5.41) is 7.33. The van der Waals surface area contributed by atoms with Crippen molar-refractivity contribution in [2.24, 2.45) is 0 Å². The van der Waals surface area contributed by atoms with Gasteiger partial charge in [-0.05, 0) is 140 Å². The standard InChI is InChI=1S/C72H52N2/c1-4-19-50(20-5-1)21-18-28-55-26-13-16-33-67(55)72(57-29-8-3-9-30-57)68-34-17-15-32-63(68)64-45-42-60(48-69(64)72)73(59-41-37-52-24-10-11-27-56(52)47-59)61-43-46-65-66-44-38-54-25-12-14-31-62(54)71(66)74(70(65)49-61)58-39-35-53(36-40-58)51-22-6-2-7-23-51/h1-17,19-20,22-27,29-49H,18,21,28H2. The Kier molecular flexibility index (Phi) is 10.7. The van der Waals surface area contributed by atoms with E-state index in [1.165, 1.54) is 93.5 Å². The average Bonchev–Trinajstić information content (AvgIpc) is 4.04. The zero-order chi connectivity index (χ0) is 49.0. The number of anilines is 3. The molecule has 0 spiro atoms. The fourth-order valence-corrected chi connectivity index (χ4v) is 12.5. The molecular formula is C72H52N2. The minimum atomic E-state index is -0.578. The summed E-state index contributed by atoms with van der Waals surface area (Å²) in [4.78, 5) is 2.50. The summed E-state index contributed by atoms with van der Waals surface area (Å²) >= 11 is 0. The van der Waals surface area contributed by atoms with Crippen molar-refractivity contribution < 1.29 is 0 Å². The third-order valence-electron chi connectivity index (χ3n) is 15.8. The van der Waals surface area contributed by atoms with E-state index in [1.807, 2.05) is 0 Å². The predicted octanol–water partition coefficient (Wildman–Crippen LogP) is 18.8. The Morgan fingerprint density at radius 2 is 0.932 bits per heavy atom. The van der Waals surface area contributed by atoms with Crippen LogP contribution in [0.3, 0.4) is 0 Å². The molecule has 0 saturated carbocycles. The smallest absolute Gasteiger partial charge is 0.0716 e. The van der Waals surface area contributed by atoms with Crippen LogP contribution >= 0.6 is 0 Å². The zero-order valence-corrected chi connectivity index (χ0v) is 41.1. The molecule has 350 valence electrons. The predicted molar refractivity (Wildman–Crippen MR) is 312 cm³/mol. The first-order valence-corrected chi connectivity index (χ1v) is 26.0. The largest absolute Gasteiger partial charge is 0.310 e. The minimum absolute atomic E-state index is 0.578. The van der Waals surface area contributed by atoms with E-state index in [0.29, 0.717) is 0 Å². The van der Waals surface area contributed by atoms with Gasteiger partial charge in [-0.2, -0.15) is 0 Å². The van der Waals surface area contributed by atoms with Gasteiger partial charge in [-0.15, -0.1) is 0 Å². The van der Waals surface area contributed by atoms with Gasteiger partial charge in [0.1, 0.15) is 0 Å². The molecule has 0 amide bonds. The Hall–Kier alpha value is -9.24. The summed E-state index contributed by atoms with van der Waals surface area (Å²) in [5.74, 6) is 0. The molecule has 1 heterocycles. The Bertz CT molecular complexity index is 4210. The van der Waals surface area contributed by atoms with E-state index < -0.39 is 5.41 Å². The van der Waals surface area contributed by atoms with E-state index in [0.717, 1.165) is 47.5 Å². The number of benzene rings is 12. The van der Waals surface area contributed by atoms with E-state index in [9.17, 15) is 0 Å². The Balaban J connectivity index is 1.00. The third-order valence-corrected chi connectivity index (χ3v) is 15.8. The summed E-state index contributed by atoms with van der Waals surface area (Å²) in [6, 6.07) is 104. The average molecular weight is 945 g/mol. The lowest BCUT2D eigenvalue weighted by Crippen LogP contribution is -2.30. The lowest BCUT2D eigenvalue weighted by atomic mass is 9.66. The molecule has 14 rings (SSSR count). The Morgan fingerprint density at radius 3 is 1.76 bits per heavy atom. The van der Waals surface area contributed by atoms with Gasteiger partial charge in [0.05, 0.1) is 16.4 Å². The first-order valence-electron chi connectivity index (χ1n) is 26.0. The highest BCUT2D eigenvalue weighted by atomic mass is 15.1. The zero-order valence-electron chi connectivity index (χ0n) is 41.1. The maximum Gasteiger partial charge on any atom is 0.0716 e. The SMILES string of the molecule is c1ccc(CCCc2ccccc2C2(c3ccccc3)c3ccccc3-c3ccc(N(c4ccc5ccccc5c4)c4ccc5c6ccc7ccccc7c6n(-c6ccc(-c7ccccc7)cc6)c5c4)cc32)cc1. The van der Waals surface area contributed by atoms with E-state index in [-0.39, 0.29) is 0 Å². The van der Waals surface area contributed by atoms with Crippen molar-refractivity contribution in [3.05, 3.63) is 312 Å². The molecule has 12 aromatic carbocycles. The molecule has 13 aromatic rings. The normalized spacial score (nSPS) is 13.9. The lowest BCUT2D eigenvalue weighted by molar-refractivity contribution is 0.734. The third kappa shape index (κ3) is 7.17. The highest BCUT2D eigenvalue weighted by Gasteiger charge is 2.47. The molecule has 1 aliphatic rings. The van der Waals surface area contributed by atoms with Gasteiger partial charge < -0.3 is 9.47 Å². The molecule has 0 N–H and O–H groups in total. The molecule has 1 aromatic heterocycles. The molecule has 1 unspecified atom stereocenters. The highest BCUT2D eigenvalue weighted by Crippen LogP contribution is 2.58. The number of hydrogen-bond acceptors (Lipinski definition) is 1. The summed E-state index contributed by atoms with van der Waals surface area (Å²) in [6.45, 7) is 0. The number of hydrogen-bond donors (Lipinski definition) is 0. The van der Waals surface area contributed by atoms with Crippen molar-refractivity contribution in [2.75, 3.05) is 4.90 Å². The van der Waals surface area contributed by atoms with Crippen molar-refractivity contribution in [1.82, 2.24) is 4.57 Å². The van der Waals surface area contributed by atoms with Crippen molar-refractivity contribution in [3.8, 4) is 27.9 Å². The lowest BCUT2D eigenvalue weighted by Gasteiger charge is -2.36. The Labute approximate surface area is 432 Å². The molecule has 0 radical (unpaired) electrons. The quantitative estimate of drug-likeness (QED) is 0.125. The van der Waals surface area contributed by atoms with Crippen LogP contribution in [0, 0.1) is 0 Å². The van der Waals surface area contributed by atoms with Crippen molar-refractivity contribution in [3.63, 3.8) is 0 Å². The second-order valence-corrected chi connectivity index (χ2v) is 19.9. The van der Waals surface area contributed by atoms with Gasteiger partial charge in [0.2, 0.25) is 0 Å². The van der Waals surface area contributed by atoms with Crippen molar-refractivity contribution in [2.45, 2.75) is 24.7 Å². The fourth-order valence-electron chi connectivity index (χ4n) is 12.5. The first-order chi connectivity index (χ1) is 36.7. The van der Waals surface area contributed by atoms with Crippen LogP contribution in [0.25, 0.3) is 71.3 Å². The molecule has 1 atom stereocenters. The van der Waals surface area contributed by atoms with Crippen LogP contribution in [0.1, 0.15) is 39.8 Å². The molecule has 1 aliphatic carbocycles. The van der Waals surface area contributed by atoms with Crippen molar-refractivity contribution >= 4 is 60.4 Å². The van der Waals surface area contributed by atoms with E-state index in [1.54, 1.807) is 0 Å². The van der Waals surface area contributed by atoms with Gasteiger partial charge in [0.15, 0.2) is 0 Å². The van der Waals surface area contributed by atoms with Crippen LogP contribution in [-0.4, -0.2) is 4.57 Å². The number of aromatic nitrogens is 1. The maximum atomic E-state index is 2.52. The van der Waals surface area contributed by atoms with Gasteiger partial charge in [-0.25, -0.2) is 0 Å². The summed E-state index contributed by atoms with van der Waals surface area (Å²) in [5.41, 5.74) is 19.2. The van der Waals surface area contributed by atoms with Gasteiger partial charge in [-0.1, -0.05) is 231 Å². The molecule has 0 bridgehead atoms. The first kappa shape index (κ1) is 43.5. The van der Waals surface area contributed by atoms with Crippen LogP contribution in [-0.2, 0) is 18.3 Å². The minimum Gasteiger partial charge on any atom is -0.310 e. The van der Waals surface area contributed by atoms with Gasteiger partial charge in [0.25, 0.3) is 0 Å². The summed E-state index contributed by atoms with van der Waals surface area (Å²) in [6.07, 6.45) is 3.06. The van der Waals surface area contributed by atoms with Crippen LogP contribution in [0.5, 0.6) is 0 Å². The molecular weight excluding hydrogens is 893 g/mol. The van der Waals surface area contributed by atoms with E-state index in [4.69, 9.17) is 0 Å². The van der Waals surface area contributed by atoms with Crippen LogP contribution in [0.2, 0.25) is 0 Å². The molecule has 2 nitrogen and oxygen atoms in total. The van der Waals surface area contributed by atoms with Crippen molar-refractivity contribution in [1.29, 1.82) is 0 Å². The Morgan fingerprint density at radius 1 is 0.351 bits per heavy atom. The monoisotopic (exact) mass is 944 g/mol. The molecule has 74 heavy (non-hydrogen) atoms. The van der Waals surface area contributed by atoms with Gasteiger partial charge in [-0.3, -0.25) is 0 Å². The number of aryl methyl sites for hydroxylation is 2. The fraction of sp³-hybridized carbons (Fsp3) is 0.0556. The summed E-state index contributed by atoms with van der Waals surface area (Å²) in [7, 11) is 0.